The van der Waals surface area contributed by atoms with Crippen molar-refractivity contribution in [3.63, 3.8) is 0 Å². The van der Waals surface area contributed by atoms with Gasteiger partial charge in [0, 0.05) is 31.0 Å². The monoisotopic (exact) mass is 384 g/mol. The summed E-state index contributed by atoms with van der Waals surface area (Å²) in [7, 11) is 0. The number of nitrogens with zero attached hydrogens (tertiary/aromatic N) is 3. The molecule has 2 heterocycles. The Balaban J connectivity index is 1.74. The fourth-order valence-electron chi connectivity index (χ4n) is 3.46. The Kier molecular flexibility index (Phi) is 6.79. The number of hydrogen-bond acceptors (Lipinski definition) is 5. The van der Waals surface area contributed by atoms with E-state index in [9.17, 15) is 9.59 Å². The van der Waals surface area contributed by atoms with Gasteiger partial charge in [-0.3, -0.25) is 14.6 Å². The van der Waals surface area contributed by atoms with Crippen molar-refractivity contribution < 1.29 is 14.1 Å². The Morgan fingerprint density at radius 3 is 2.75 bits per heavy atom. The minimum absolute atomic E-state index is 0.0674. The van der Waals surface area contributed by atoms with Gasteiger partial charge in [0.05, 0.1) is 12.1 Å². The Morgan fingerprint density at radius 2 is 2.07 bits per heavy atom. The highest BCUT2D eigenvalue weighted by Crippen LogP contribution is 2.26. The first-order valence-corrected chi connectivity index (χ1v) is 9.99. The molecule has 0 bridgehead atoms. The van der Waals surface area contributed by atoms with E-state index in [1.54, 1.807) is 30.6 Å². The Labute approximate surface area is 165 Å². The average Bonchev–Trinajstić information content (AvgIpc) is 3.20. The molecule has 3 rings (SSSR count). The zero-order valence-electron chi connectivity index (χ0n) is 16.6. The number of amides is 2. The summed E-state index contributed by atoms with van der Waals surface area (Å²) in [5.41, 5.74) is 0.801. The molecule has 2 aromatic rings. The molecule has 0 radical (unpaired) electrons. The quantitative estimate of drug-likeness (QED) is 0.790. The molecule has 1 fully saturated rings. The van der Waals surface area contributed by atoms with E-state index in [-0.39, 0.29) is 23.6 Å². The summed E-state index contributed by atoms with van der Waals surface area (Å²) in [6.45, 7) is 4.93. The number of aromatic nitrogens is 2. The molecule has 2 aromatic heterocycles. The van der Waals surface area contributed by atoms with Gasteiger partial charge in [-0.25, -0.2) is 0 Å². The standard InChI is InChI=1S/C21H28N4O3/c1-15(2)12-23-20(26)19-11-18(28-24-19)14-25(17-8-4-3-5-9-17)21(27)16-7-6-10-22-13-16/h6-7,10-11,13,15,17H,3-5,8-9,12,14H2,1-2H3,(H,23,26). The molecule has 1 aliphatic carbocycles. The highest BCUT2D eigenvalue weighted by atomic mass is 16.5. The predicted octanol–water partition coefficient (Wildman–Crippen LogP) is 3.43. The molecular weight excluding hydrogens is 356 g/mol. The molecule has 1 N–H and O–H groups in total. The minimum atomic E-state index is -0.258. The van der Waals surface area contributed by atoms with Crippen LogP contribution in [0, 0.1) is 5.92 Å². The predicted molar refractivity (Wildman–Crippen MR) is 105 cm³/mol. The lowest BCUT2D eigenvalue weighted by molar-refractivity contribution is 0.0590. The molecule has 1 aliphatic rings. The molecule has 0 aromatic carbocycles. The van der Waals surface area contributed by atoms with Crippen LogP contribution in [0.15, 0.2) is 35.1 Å². The van der Waals surface area contributed by atoms with Gasteiger partial charge in [-0.2, -0.15) is 0 Å². The van der Waals surface area contributed by atoms with Gasteiger partial charge < -0.3 is 14.7 Å². The summed E-state index contributed by atoms with van der Waals surface area (Å²) >= 11 is 0. The number of carbonyl (C=O) groups is 2. The summed E-state index contributed by atoms with van der Waals surface area (Å²) in [6, 6.07) is 5.32. The molecule has 0 aliphatic heterocycles. The average molecular weight is 384 g/mol. The molecule has 0 saturated heterocycles. The third-order valence-electron chi connectivity index (χ3n) is 4.97. The van der Waals surface area contributed by atoms with Crippen molar-refractivity contribution in [2.75, 3.05) is 6.54 Å². The number of pyridine rings is 1. The normalized spacial score (nSPS) is 14.8. The molecule has 28 heavy (non-hydrogen) atoms. The topological polar surface area (TPSA) is 88.3 Å². The highest BCUT2D eigenvalue weighted by Gasteiger charge is 2.28. The lowest BCUT2D eigenvalue weighted by atomic mass is 9.93. The second-order valence-corrected chi connectivity index (χ2v) is 7.75. The van der Waals surface area contributed by atoms with Gasteiger partial charge >= 0.3 is 0 Å². The number of hydrogen-bond donors (Lipinski definition) is 1. The fraction of sp³-hybridized carbons (Fsp3) is 0.524. The van der Waals surface area contributed by atoms with E-state index >= 15 is 0 Å². The first-order valence-electron chi connectivity index (χ1n) is 9.99. The molecule has 150 valence electrons. The third kappa shape index (κ3) is 5.18. The summed E-state index contributed by atoms with van der Waals surface area (Å²) in [6.07, 6.45) is 8.61. The lowest BCUT2D eigenvalue weighted by Crippen LogP contribution is -2.41. The number of nitrogens with one attached hydrogen (secondary N) is 1. The number of rotatable bonds is 7. The van der Waals surface area contributed by atoms with Crippen LogP contribution in [0.2, 0.25) is 0 Å². The smallest absolute Gasteiger partial charge is 0.273 e. The fourth-order valence-corrected chi connectivity index (χ4v) is 3.46. The van der Waals surface area contributed by atoms with Crippen molar-refractivity contribution in [2.45, 2.75) is 58.5 Å². The molecule has 0 spiro atoms. The molecule has 7 nitrogen and oxygen atoms in total. The first kappa shape index (κ1) is 20.0. The van der Waals surface area contributed by atoms with Crippen LogP contribution in [0.5, 0.6) is 0 Å². The molecule has 1 saturated carbocycles. The van der Waals surface area contributed by atoms with Gasteiger partial charge in [0.1, 0.15) is 0 Å². The van der Waals surface area contributed by atoms with E-state index in [2.05, 4.69) is 15.5 Å². The van der Waals surface area contributed by atoms with Crippen LogP contribution >= 0.6 is 0 Å². The van der Waals surface area contributed by atoms with E-state index < -0.39 is 0 Å². The highest BCUT2D eigenvalue weighted by molar-refractivity contribution is 5.94. The minimum Gasteiger partial charge on any atom is -0.359 e. The maximum atomic E-state index is 13.1. The Morgan fingerprint density at radius 1 is 1.29 bits per heavy atom. The third-order valence-corrected chi connectivity index (χ3v) is 4.97. The van der Waals surface area contributed by atoms with Gasteiger partial charge in [0.2, 0.25) is 0 Å². The van der Waals surface area contributed by atoms with Crippen LogP contribution in [0.25, 0.3) is 0 Å². The molecular formula is C21H28N4O3. The van der Waals surface area contributed by atoms with Gasteiger partial charge in [-0.1, -0.05) is 38.3 Å². The van der Waals surface area contributed by atoms with E-state index in [0.29, 0.717) is 30.3 Å². The van der Waals surface area contributed by atoms with Crippen molar-refractivity contribution in [1.82, 2.24) is 20.4 Å². The van der Waals surface area contributed by atoms with Crippen molar-refractivity contribution in [2.24, 2.45) is 5.92 Å². The summed E-state index contributed by atoms with van der Waals surface area (Å²) in [4.78, 5) is 31.2. The Hall–Kier alpha value is -2.70. The molecule has 2 amide bonds. The maximum absolute atomic E-state index is 13.1. The zero-order chi connectivity index (χ0) is 19.9. The molecule has 7 heteroatoms. The largest absolute Gasteiger partial charge is 0.359 e. The van der Waals surface area contributed by atoms with E-state index in [1.807, 2.05) is 18.7 Å². The molecule has 0 unspecified atom stereocenters. The molecule has 0 atom stereocenters. The second kappa shape index (κ2) is 9.48. The van der Waals surface area contributed by atoms with E-state index in [0.717, 1.165) is 25.7 Å². The first-order chi connectivity index (χ1) is 13.5. The zero-order valence-corrected chi connectivity index (χ0v) is 16.6. The van der Waals surface area contributed by atoms with Crippen molar-refractivity contribution >= 4 is 11.8 Å². The maximum Gasteiger partial charge on any atom is 0.273 e. The van der Waals surface area contributed by atoms with Gasteiger partial charge in [0.25, 0.3) is 11.8 Å². The van der Waals surface area contributed by atoms with Crippen molar-refractivity contribution in [3.05, 3.63) is 47.6 Å². The summed E-state index contributed by atoms with van der Waals surface area (Å²) in [5.74, 6) is 0.542. The number of carbonyl (C=O) groups excluding carboxylic acids is 2. The van der Waals surface area contributed by atoms with Crippen LogP contribution in [0.1, 0.15) is 72.6 Å². The summed E-state index contributed by atoms with van der Waals surface area (Å²) in [5, 5.41) is 6.71. The van der Waals surface area contributed by atoms with Crippen LogP contribution in [0.4, 0.5) is 0 Å². The van der Waals surface area contributed by atoms with Crippen LogP contribution in [-0.4, -0.2) is 39.4 Å². The Bertz CT molecular complexity index is 782. The summed E-state index contributed by atoms with van der Waals surface area (Å²) < 4.78 is 5.38. The van der Waals surface area contributed by atoms with Crippen molar-refractivity contribution in [3.8, 4) is 0 Å². The van der Waals surface area contributed by atoms with Gasteiger partial charge in [0.15, 0.2) is 11.5 Å². The SMILES string of the molecule is CC(C)CNC(=O)c1cc(CN(C(=O)c2cccnc2)C2CCCCC2)on1. The van der Waals surface area contributed by atoms with Crippen molar-refractivity contribution in [1.29, 1.82) is 0 Å². The van der Waals surface area contributed by atoms with E-state index in [4.69, 9.17) is 4.52 Å². The lowest BCUT2D eigenvalue weighted by Gasteiger charge is -2.33. The van der Waals surface area contributed by atoms with Gasteiger partial charge in [-0.05, 0) is 30.9 Å². The van der Waals surface area contributed by atoms with Crippen LogP contribution in [-0.2, 0) is 6.54 Å². The van der Waals surface area contributed by atoms with Crippen LogP contribution < -0.4 is 5.32 Å². The van der Waals surface area contributed by atoms with Gasteiger partial charge in [-0.15, -0.1) is 0 Å². The van der Waals surface area contributed by atoms with Crippen LogP contribution in [0.3, 0.4) is 0 Å². The second-order valence-electron chi connectivity index (χ2n) is 7.75. The van der Waals surface area contributed by atoms with E-state index in [1.165, 1.54) is 6.42 Å².